The number of alkyl halides is 1. The third-order valence-corrected chi connectivity index (χ3v) is 2.56. The van der Waals surface area contributed by atoms with E-state index < -0.39 is 4.92 Å². The smallest absolute Gasteiger partial charge is 0.269 e. The molecule has 1 aromatic rings. The quantitative estimate of drug-likeness (QED) is 0.360. The molecule has 0 saturated heterocycles. The summed E-state index contributed by atoms with van der Waals surface area (Å²) >= 11 is 3.20. The molecule has 1 atom stereocenters. The molecule has 5 heteroatoms. The summed E-state index contributed by atoms with van der Waals surface area (Å²) in [4.78, 5) is 20.5. The number of nitro groups is 1. The maximum absolute atomic E-state index is 10.6. The standard InChI is InChI=1S/C9H8BrNO3/c10-5-8(6-12)7-1-3-9(4-2-7)11(13)14/h1-4,6,8H,5H2. The van der Waals surface area contributed by atoms with Crippen molar-refractivity contribution >= 4 is 27.9 Å². The first kappa shape index (κ1) is 10.8. The van der Waals surface area contributed by atoms with Crippen LogP contribution in [0.25, 0.3) is 0 Å². The molecular weight excluding hydrogens is 250 g/mol. The Hall–Kier alpha value is -1.23. The van der Waals surface area contributed by atoms with Crippen molar-refractivity contribution in [3.05, 3.63) is 39.9 Å². The van der Waals surface area contributed by atoms with Crippen LogP contribution in [0.1, 0.15) is 11.5 Å². The number of benzene rings is 1. The average Bonchev–Trinajstić information content (AvgIpc) is 2.20. The maximum atomic E-state index is 10.6. The number of carbonyl (C=O) groups is 1. The van der Waals surface area contributed by atoms with Gasteiger partial charge in [-0.1, -0.05) is 28.1 Å². The highest BCUT2D eigenvalue weighted by molar-refractivity contribution is 9.09. The Bertz CT molecular complexity index is 336. The summed E-state index contributed by atoms with van der Waals surface area (Å²) in [6, 6.07) is 5.99. The monoisotopic (exact) mass is 257 g/mol. The zero-order chi connectivity index (χ0) is 10.6. The average molecular weight is 258 g/mol. The Kier molecular flexibility index (Phi) is 3.76. The topological polar surface area (TPSA) is 60.2 Å². The van der Waals surface area contributed by atoms with Crippen LogP contribution < -0.4 is 0 Å². The van der Waals surface area contributed by atoms with E-state index >= 15 is 0 Å². The van der Waals surface area contributed by atoms with Crippen molar-refractivity contribution in [1.82, 2.24) is 0 Å². The van der Waals surface area contributed by atoms with Gasteiger partial charge in [0.25, 0.3) is 5.69 Å². The second-order valence-corrected chi connectivity index (χ2v) is 3.39. The van der Waals surface area contributed by atoms with E-state index in [-0.39, 0.29) is 11.6 Å². The van der Waals surface area contributed by atoms with Gasteiger partial charge in [0.1, 0.15) is 6.29 Å². The van der Waals surface area contributed by atoms with Gasteiger partial charge in [0.15, 0.2) is 0 Å². The van der Waals surface area contributed by atoms with Gasteiger partial charge in [-0.15, -0.1) is 0 Å². The van der Waals surface area contributed by atoms with Crippen molar-refractivity contribution in [3.63, 3.8) is 0 Å². The number of rotatable bonds is 4. The summed E-state index contributed by atoms with van der Waals surface area (Å²) in [7, 11) is 0. The van der Waals surface area contributed by atoms with Crippen molar-refractivity contribution in [2.24, 2.45) is 0 Å². The first-order valence-electron chi connectivity index (χ1n) is 3.94. The van der Waals surface area contributed by atoms with Crippen molar-refractivity contribution < 1.29 is 9.72 Å². The molecule has 0 bridgehead atoms. The van der Waals surface area contributed by atoms with E-state index in [1.807, 2.05) is 0 Å². The van der Waals surface area contributed by atoms with E-state index in [0.717, 1.165) is 11.8 Å². The van der Waals surface area contributed by atoms with Crippen LogP contribution in [0.3, 0.4) is 0 Å². The van der Waals surface area contributed by atoms with E-state index in [9.17, 15) is 14.9 Å². The Morgan fingerprint density at radius 3 is 2.36 bits per heavy atom. The first-order valence-corrected chi connectivity index (χ1v) is 5.06. The number of halogens is 1. The Morgan fingerprint density at radius 2 is 2.00 bits per heavy atom. The minimum Gasteiger partial charge on any atom is -0.303 e. The summed E-state index contributed by atoms with van der Waals surface area (Å²) in [5, 5.41) is 10.9. The summed E-state index contributed by atoms with van der Waals surface area (Å²) in [5.41, 5.74) is 0.815. The summed E-state index contributed by atoms with van der Waals surface area (Å²) < 4.78 is 0. The Balaban J connectivity index is 2.92. The molecule has 0 radical (unpaired) electrons. The molecule has 4 nitrogen and oxygen atoms in total. The molecule has 0 saturated carbocycles. The van der Waals surface area contributed by atoms with Crippen LogP contribution >= 0.6 is 15.9 Å². The van der Waals surface area contributed by atoms with Crippen molar-refractivity contribution in [2.45, 2.75) is 5.92 Å². The van der Waals surface area contributed by atoms with Crippen LogP contribution in [-0.2, 0) is 4.79 Å². The predicted octanol–water partition coefficient (Wildman–Crippen LogP) is 2.27. The molecule has 0 spiro atoms. The number of hydrogen-bond acceptors (Lipinski definition) is 3. The number of hydrogen-bond donors (Lipinski definition) is 0. The Morgan fingerprint density at radius 1 is 1.43 bits per heavy atom. The highest BCUT2D eigenvalue weighted by atomic mass is 79.9. The van der Waals surface area contributed by atoms with E-state index in [1.54, 1.807) is 12.1 Å². The lowest BCUT2D eigenvalue weighted by atomic mass is 10.0. The summed E-state index contributed by atoms with van der Waals surface area (Å²) in [6.45, 7) is 0. The minimum atomic E-state index is -0.464. The van der Waals surface area contributed by atoms with Crippen LogP contribution in [-0.4, -0.2) is 16.5 Å². The zero-order valence-electron chi connectivity index (χ0n) is 7.22. The molecule has 0 N–H and O–H groups in total. The normalized spacial score (nSPS) is 12.1. The predicted molar refractivity (Wildman–Crippen MR) is 55.7 cm³/mol. The van der Waals surface area contributed by atoms with Gasteiger partial charge in [0.2, 0.25) is 0 Å². The maximum Gasteiger partial charge on any atom is 0.269 e. The molecule has 0 aromatic heterocycles. The number of nitrogens with zero attached hydrogens (tertiary/aromatic N) is 1. The van der Waals surface area contributed by atoms with Gasteiger partial charge in [-0.3, -0.25) is 10.1 Å². The molecule has 0 aliphatic rings. The van der Waals surface area contributed by atoms with Gasteiger partial charge in [-0.05, 0) is 5.56 Å². The summed E-state index contributed by atoms with van der Waals surface area (Å²) in [6.07, 6.45) is 0.815. The fourth-order valence-electron chi connectivity index (χ4n) is 1.05. The van der Waals surface area contributed by atoms with Crippen LogP contribution in [0.4, 0.5) is 5.69 Å². The molecular formula is C9H8BrNO3. The lowest BCUT2D eigenvalue weighted by Crippen LogP contribution is -2.01. The third kappa shape index (κ3) is 2.38. The number of nitro benzene ring substituents is 1. The van der Waals surface area contributed by atoms with Gasteiger partial charge < -0.3 is 4.79 Å². The molecule has 1 unspecified atom stereocenters. The molecule has 1 aromatic carbocycles. The van der Waals surface area contributed by atoms with Gasteiger partial charge in [0.05, 0.1) is 4.92 Å². The second-order valence-electron chi connectivity index (χ2n) is 2.75. The number of carbonyl (C=O) groups excluding carboxylic acids is 1. The van der Waals surface area contributed by atoms with Gasteiger partial charge in [-0.2, -0.15) is 0 Å². The fourth-order valence-corrected chi connectivity index (χ4v) is 1.57. The zero-order valence-corrected chi connectivity index (χ0v) is 8.81. The lowest BCUT2D eigenvalue weighted by molar-refractivity contribution is -0.384. The van der Waals surface area contributed by atoms with Crippen LogP contribution in [0, 0.1) is 10.1 Å². The van der Waals surface area contributed by atoms with E-state index in [2.05, 4.69) is 15.9 Å². The number of aldehydes is 1. The van der Waals surface area contributed by atoms with Crippen molar-refractivity contribution in [3.8, 4) is 0 Å². The fraction of sp³-hybridized carbons (Fsp3) is 0.222. The molecule has 0 fully saturated rings. The van der Waals surface area contributed by atoms with Gasteiger partial charge >= 0.3 is 0 Å². The molecule has 14 heavy (non-hydrogen) atoms. The molecule has 0 amide bonds. The van der Waals surface area contributed by atoms with Gasteiger partial charge in [0, 0.05) is 23.4 Å². The largest absolute Gasteiger partial charge is 0.303 e. The first-order chi connectivity index (χ1) is 6.69. The second kappa shape index (κ2) is 4.85. The molecule has 0 aliphatic carbocycles. The SMILES string of the molecule is O=CC(CBr)c1ccc([N+](=O)[O-])cc1. The minimum absolute atomic E-state index is 0.0352. The van der Waals surface area contributed by atoms with E-state index in [1.165, 1.54) is 12.1 Å². The number of non-ortho nitro benzene ring substituents is 1. The molecule has 1 rings (SSSR count). The van der Waals surface area contributed by atoms with Crippen LogP contribution in [0.5, 0.6) is 0 Å². The lowest BCUT2D eigenvalue weighted by Gasteiger charge is -2.05. The van der Waals surface area contributed by atoms with Crippen molar-refractivity contribution in [2.75, 3.05) is 5.33 Å². The highest BCUT2D eigenvalue weighted by Crippen LogP contribution is 2.19. The van der Waals surface area contributed by atoms with Gasteiger partial charge in [-0.25, -0.2) is 0 Å². The van der Waals surface area contributed by atoms with Crippen LogP contribution in [0.15, 0.2) is 24.3 Å². The third-order valence-electron chi connectivity index (χ3n) is 1.86. The summed E-state index contributed by atoms with van der Waals surface area (Å²) in [5.74, 6) is -0.240. The molecule has 0 aliphatic heterocycles. The molecule has 74 valence electrons. The van der Waals surface area contributed by atoms with E-state index in [4.69, 9.17) is 0 Å². The highest BCUT2D eigenvalue weighted by Gasteiger charge is 2.10. The van der Waals surface area contributed by atoms with E-state index in [0.29, 0.717) is 5.33 Å². The molecule has 0 heterocycles. The van der Waals surface area contributed by atoms with Crippen molar-refractivity contribution in [1.29, 1.82) is 0 Å². The van der Waals surface area contributed by atoms with Crippen LogP contribution in [0.2, 0.25) is 0 Å². The Labute approximate surface area is 89.2 Å².